The van der Waals surface area contributed by atoms with E-state index in [0.717, 1.165) is 29.5 Å². The number of hydrogen-bond donors (Lipinski definition) is 0. The molecule has 158 valence electrons. The van der Waals surface area contributed by atoms with Crippen molar-refractivity contribution in [2.45, 2.75) is 24.8 Å². The first-order valence-electron chi connectivity index (χ1n) is 10.4. The van der Waals surface area contributed by atoms with Crippen molar-refractivity contribution in [3.05, 3.63) is 81.1 Å². The topological polar surface area (TPSA) is 64.4 Å². The molecule has 3 aromatic rings. The Morgan fingerprint density at radius 1 is 1.10 bits per heavy atom. The summed E-state index contributed by atoms with van der Waals surface area (Å²) in [5.74, 6) is 1.13. The first-order valence-corrected chi connectivity index (χ1v) is 10.7. The molecule has 0 unspecified atom stereocenters. The molecule has 0 spiro atoms. The van der Waals surface area contributed by atoms with Crippen molar-refractivity contribution >= 4 is 17.5 Å². The van der Waals surface area contributed by atoms with Gasteiger partial charge in [0.1, 0.15) is 5.75 Å². The first-order chi connectivity index (χ1) is 15.0. The number of nitrogens with zero attached hydrogens (tertiary/aromatic N) is 3. The van der Waals surface area contributed by atoms with Crippen molar-refractivity contribution in [2.75, 3.05) is 20.2 Å². The van der Waals surface area contributed by atoms with E-state index in [4.69, 9.17) is 16.3 Å². The lowest BCUT2D eigenvalue weighted by atomic mass is 10.00. The fourth-order valence-corrected chi connectivity index (χ4v) is 4.26. The van der Waals surface area contributed by atoms with E-state index in [0.29, 0.717) is 35.5 Å². The highest BCUT2D eigenvalue weighted by molar-refractivity contribution is 6.30. The Hall–Kier alpha value is -3.12. The van der Waals surface area contributed by atoms with Gasteiger partial charge in [-0.25, -0.2) is 4.68 Å². The minimum absolute atomic E-state index is 0.0299. The maximum absolute atomic E-state index is 13.0. The van der Waals surface area contributed by atoms with E-state index >= 15 is 0 Å². The highest BCUT2D eigenvalue weighted by Gasteiger charge is 2.36. The highest BCUT2D eigenvalue weighted by atomic mass is 35.5. The van der Waals surface area contributed by atoms with Crippen LogP contribution in [0.1, 0.15) is 40.7 Å². The van der Waals surface area contributed by atoms with Crippen LogP contribution in [0.25, 0.3) is 11.3 Å². The number of benzene rings is 2. The maximum atomic E-state index is 13.0. The molecule has 2 heterocycles. The van der Waals surface area contributed by atoms with E-state index in [9.17, 15) is 9.59 Å². The molecule has 1 saturated carbocycles. The summed E-state index contributed by atoms with van der Waals surface area (Å²) in [5.41, 5.74) is 3.11. The lowest BCUT2D eigenvalue weighted by Crippen LogP contribution is -2.53. The second-order valence-electron chi connectivity index (χ2n) is 8.07. The Kier molecular flexibility index (Phi) is 5.02. The van der Waals surface area contributed by atoms with Crippen LogP contribution in [-0.4, -0.2) is 40.8 Å². The molecular weight excluding hydrogens is 414 g/mol. The molecule has 31 heavy (non-hydrogen) atoms. The van der Waals surface area contributed by atoms with Crippen molar-refractivity contribution in [1.82, 2.24) is 14.7 Å². The largest absolute Gasteiger partial charge is 0.496 e. The van der Waals surface area contributed by atoms with E-state index in [2.05, 4.69) is 11.2 Å². The Morgan fingerprint density at radius 2 is 1.87 bits per heavy atom. The lowest BCUT2D eigenvalue weighted by Gasteiger charge is -2.39. The number of carbonyl (C=O) groups excluding carboxylic acids is 1. The minimum atomic E-state index is -0.188. The van der Waals surface area contributed by atoms with Gasteiger partial charge in [0.15, 0.2) is 0 Å². The number of rotatable bonds is 5. The fourth-order valence-electron chi connectivity index (χ4n) is 4.10. The molecule has 5 rings (SSSR count). The zero-order valence-electron chi connectivity index (χ0n) is 17.1. The van der Waals surface area contributed by atoms with E-state index in [-0.39, 0.29) is 17.5 Å². The van der Waals surface area contributed by atoms with E-state index < -0.39 is 0 Å². The number of hydrogen-bond acceptors (Lipinski definition) is 4. The molecule has 0 radical (unpaired) electrons. The number of halogens is 1. The molecule has 0 atom stereocenters. The molecule has 1 aliphatic carbocycles. The van der Waals surface area contributed by atoms with Gasteiger partial charge < -0.3 is 9.64 Å². The summed E-state index contributed by atoms with van der Waals surface area (Å²) in [4.78, 5) is 27.3. The van der Waals surface area contributed by atoms with Gasteiger partial charge >= 0.3 is 0 Å². The van der Waals surface area contributed by atoms with Crippen molar-refractivity contribution in [3.8, 4) is 17.0 Å². The molecule has 0 N–H and O–H groups in total. The van der Waals surface area contributed by atoms with Crippen LogP contribution in [-0.2, 0) is 0 Å². The molecule has 6 nitrogen and oxygen atoms in total. The Morgan fingerprint density at radius 3 is 2.61 bits per heavy atom. The zero-order chi connectivity index (χ0) is 21.5. The molecule has 1 aromatic heterocycles. The van der Waals surface area contributed by atoms with Crippen molar-refractivity contribution in [3.63, 3.8) is 0 Å². The summed E-state index contributed by atoms with van der Waals surface area (Å²) in [6, 6.07) is 16.2. The van der Waals surface area contributed by atoms with Gasteiger partial charge in [-0.1, -0.05) is 29.8 Å². The lowest BCUT2D eigenvalue weighted by molar-refractivity contribution is 0.0492. The monoisotopic (exact) mass is 435 g/mol. The van der Waals surface area contributed by atoms with Gasteiger partial charge in [0.25, 0.3) is 11.5 Å². The van der Waals surface area contributed by atoms with Crippen LogP contribution >= 0.6 is 11.6 Å². The Bertz CT molecular complexity index is 1210. The summed E-state index contributed by atoms with van der Waals surface area (Å²) < 4.78 is 6.89. The van der Waals surface area contributed by atoms with Gasteiger partial charge in [-0.2, -0.15) is 5.10 Å². The predicted molar refractivity (Wildman–Crippen MR) is 119 cm³/mol. The molecule has 1 amide bonds. The normalized spacial score (nSPS) is 16.1. The summed E-state index contributed by atoms with van der Waals surface area (Å²) in [7, 11) is 1.57. The summed E-state index contributed by atoms with van der Waals surface area (Å²) in [6.45, 7) is 0.928. The van der Waals surface area contributed by atoms with Crippen LogP contribution in [0.3, 0.4) is 0 Å². The average molecular weight is 436 g/mol. The molecular formula is C24H22ClN3O3. The molecule has 1 saturated heterocycles. The SMILES string of the molecule is COc1cc(Cl)ccc1-c1ccc(=O)n(C2CN(C(=O)c3ccccc3C3CC3)C2)n1. The van der Waals surface area contributed by atoms with Crippen LogP contribution in [0.2, 0.25) is 5.02 Å². The highest BCUT2D eigenvalue weighted by Crippen LogP contribution is 2.42. The average Bonchev–Trinajstić information content (AvgIpc) is 3.59. The van der Waals surface area contributed by atoms with Crippen molar-refractivity contribution in [1.29, 1.82) is 0 Å². The van der Waals surface area contributed by atoms with Crippen LogP contribution in [0, 0.1) is 0 Å². The number of methoxy groups -OCH3 is 1. The van der Waals surface area contributed by atoms with Gasteiger partial charge in [0.2, 0.25) is 0 Å². The second-order valence-corrected chi connectivity index (χ2v) is 8.51. The van der Waals surface area contributed by atoms with Gasteiger partial charge in [0.05, 0.1) is 18.8 Å². The standard InChI is InChI=1S/C24H22ClN3O3/c1-31-22-12-16(25)8-9-20(22)21-10-11-23(29)28(26-21)17-13-27(14-17)24(30)19-5-3-2-4-18(19)15-6-7-15/h2-5,8-12,15,17H,6-7,13-14H2,1H3. The number of aromatic nitrogens is 2. The quantitative estimate of drug-likeness (QED) is 0.604. The fraction of sp³-hybridized carbons (Fsp3) is 0.292. The summed E-state index contributed by atoms with van der Waals surface area (Å²) in [5, 5.41) is 5.13. The number of amides is 1. The van der Waals surface area contributed by atoms with Crippen molar-refractivity contribution < 1.29 is 9.53 Å². The molecule has 2 aliphatic rings. The predicted octanol–water partition coefficient (Wildman–Crippen LogP) is 4.15. The molecule has 1 aliphatic heterocycles. The first kappa shape index (κ1) is 19.8. The van der Waals surface area contributed by atoms with Crippen LogP contribution in [0.15, 0.2) is 59.4 Å². The molecule has 2 fully saturated rings. The van der Waals surface area contributed by atoms with Crippen molar-refractivity contribution in [2.24, 2.45) is 0 Å². The van der Waals surface area contributed by atoms with E-state index in [1.54, 1.807) is 30.2 Å². The number of likely N-dealkylation sites (tertiary alicyclic amines) is 1. The maximum Gasteiger partial charge on any atom is 0.267 e. The smallest absolute Gasteiger partial charge is 0.267 e. The van der Waals surface area contributed by atoms with Gasteiger partial charge in [0, 0.05) is 35.3 Å². The number of ether oxygens (including phenoxy) is 1. The van der Waals surface area contributed by atoms with Gasteiger partial charge in [-0.15, -0.1) is 0 Å². The Labute approximate surface area is 185 Å². The summed E-state index contributed by atoms with van der Waals surface area (Å²) in [6.07, 6.45) is 2.29. The van der Waals surface area contributed by atoms with E-state index in [1.807, 2.05) is 24.3 Å². The third-order valence-corrected chi connectivity index (χ3v) is 6.20. The van der Waals surface area contributed by atoms with E-state index in [1.165, 1.54) is 10.7 Å². The van der Waals surface area contributed by atoms with Gasteiger partial charge in [-0.05, 0) is 54.7 Å². The molecule has 2 aromatic carbocycles. The Balaban J connectivity index is 1.37. The van der Waals surface area contributed by atoms with Crippen LogP contribution in [0.4, 0.5) is 0 Å². The minimum Gasteiger partial charge on any atom is -0.496 e. The molecule has 0 bridgehead atoms. The molecule has 7 heteroatoms. The third kappa shape index (κ3) is 3.72. The number of carbonyl (C=O) groups is 1. The van der Waals surface area contributed by atoms with Crippen LogP contribution < -0.4 is 10.3 Å². The second kappa shape index (κ2) is 7.85. The van der Waals surface area contributed by atoms with Crippen LogP contribution in [0.5, 0.6) is 5.75 Å². The van der Waals surface area contributed by atoms with Gasteiger partial charge in [-0.3, -0.25) is 9.59 Å². The summed E-state index contributed by atoms with van der Waals surface area (Å²) >= 11 is 6.06. The third-order valence-electron chi connectivity index (χ3n) is 5.97. The zero-order valence-corrected chi connectivity index (χ0v) is 17.9.